The number of aromatic nitrogens is 2. The molecule has 20 heavy (non-hydrogen) atoms. The first-order valence-corrected chi connectivity index (χ1v) is 7.09. The molecule has 0 aliphatic rings. The smallest absolute Gasteiger partial charge is 0.128 e. The van der Waals surface area contributed by atoms with Crippen LogP contribution in [0.15, 0.2) is 42.5 Å². The van der Waals surface area contributed by atoms with Crippen molar-refractivity contribution in [3.8, 4) is 5.75 Å². The monoisotopic (exact) mass is 290 g/mol. The van der Waals surface area contributed by atoms with Gasteiger partial charge in [0, 0.05) is 23.0 Å². The Labute approximate surface area is 124 Å². The number of hydrogen-bond acceptors (Lipinski definition) is 2. The van der Waals surface area contributed by atoms with Gasteiger partial charge in [-0.1, -0.05) is 24.1 Å². The topological polar surface area (TPSA) is 27.1 Å². The molecule has 1 aromatic heterocycles. The zero-order chi connectivity index (χ0) is 14.5. The van der Waals surface area contributed by atoms with Gasteiger partial charge >= 0.3 is 0 Å². The standard InChI is InChI=1S/C16H19ClN2O/c1-4-9-20-15-6-5-13(17)10-14(15)16(12(2)3)19-8-7-18-11-19/h5-8,10-11H,4,9H2,1-3H3. The minimum absolute atomic E-state index is 0.689. The Bertz CT molecular complexity index is 599. The van der Waals surface area contributed by atoms with Crippen LogP contribution < -0.4 is 4.74 Å². The maximum absolute atomic E-state index is 6.16. The average Bonchev–Trinajstić information content (AvgIpc) is 2.91. The van der Waals surface area contributed by atoms with Crippen LogP contribution in [-0.2, 0) is 0 Å². The van der Waals surface area contributed by atoms with Crippen molar-refractivity contribution in [3.63, 3.8) is 0 Å². The van der Waals surface area contributed by atoms with Crippen molar-refractivity contribution >= 4 is 17.3 Å². The fourth-order valence-corrected chi connectivity index (χ4v) is 2.26. The predicted octanol–water partition coefficient (Wildman–Crippen LogP) is 4.62. The number of rotatable bonds is 5. The van der Waals surface area contributed by atoms with Crippen LogP contribution >= 0.6 is 11.6 Å². The van der Waals surface area contributed by atoms with Crippen molar-refractivity contribution in [2.24, 2.45) is 0 Å². The van der Waals surface area contributed by atoms with Gasteiger partial charge < -0.3 is 9.30 Å². The highest BCUT2D eigenvalue weighted by atomic mass is 35.5. The quantitative estimate of drug-likeness (QED) is 0.803. The summed E-state index contributed by atoms with van der Waals surface area (Å²) in [6, 6.07) is 5.72. The largest absolute Gasteiger partial charge is 0.493 e. The number of nitrogens with zero attached hydrogens (tertiary/aromatic N) is 2. The highest BCUT2D eigenvalue weighted by Crippen LogP contribution is 2.32. The van der Waals surface area contributed by atoms with E-state index in [0.717, 1.165) is 23.4 Å². The molecule has 0 spiro atoms. The zero-order valence-electron chi connectivity index (χ0n) is 12.1. The van der Waals surface area contributed by atoms with E-state index in [0.29, 0.717) is 11.6 Å². The zero-order valence-corrected chi connectivity index (χ0v) is 12.8. The number of allylic oxidation sites excluding steroid dienone is 1. The third-order valence-electron chi connectivity index (χ3n) is 2.89. The Hall–Kier alpha value is -1.74. The van der Waals surface area contributed by atoms with E-state index in [2.05, 4.69) is 25.8 Å². The lowest BCUT2D eigenvalue weighted by atomic mass is 10.1. The first-order valence-electron chi connectivity index (χ1n) is 6.72. The normalized spacial score (nSPS) is 10.4. The van der Waals surface area contributed by atoms with Gasteiger partial charge in [-0.05, 0) is 38.5 Å². The Morgan fingerprint density at radius 3 is 2.75 bits per heavy atom. The molecular weight excluding hydrogens is 272 g/mol. The molecular formula is C16H19ClN2O. The van der Waals surface area contributed by atoms with Crippen molar-refractivity contribution < 1.29 is 4.74 Å². The van der Waals surface area contributed by atoms with Gasteiger partial charge in [0.15, 0.2) is 0 Å². The summed E-state index contributed by atoms with van der Waals surface area (Å²) >= 11 is 6.16. The molecule has 0 saturated carbocycles. The minimum Gasteiger partial charge on any atom is -0.493 e. The fraction of sp³-hybridized carbons (Fsp3) is 0.312. The van der Waals surface area contributed by atoms with Crippen LogP contribution in [0.5, 0.6) is 5.75 Å². The summed E-state index contributed by atoms with van der Waals surface area (Å²) in [5.74, 6) is 0.848. The van der Waals surface area contributed by atoms with Crippen molar-refractivity contribution in [1.82, 2.24) is 9.55 Å². The molecule has 3 nitrogen and oxygen atoms in total. The molecule has 2 aromatic rings. The van der Waals surface area contributed by atoms with Gasteiger partial charge in [0.1, 0.15) is 5.75 Å². The lowest BCUT2D eigenvalue weighted by Gasteiger charge is -2.16. The van der Waals surface area contributed by atoms with Gasteiger partial charge in [-0.3, -0.25) is 0 Å². The number of ether oxygens (including phenoxy) is 1. The molecule has 4 heteroatoms. The number of hydrogen-bond donors (Lipinski definition) is 0. The fourth-order valence-electron chi connectivity index (χ4n) is 2.08. The van der Waals surface area contributed by atoms with Crippen LogP contribution in [0, 0.1) is 0 Å². The molecule has 0 aliphatic heterocycles. The second-order valence-electron chi connectivity index (χ2n) is 4.81. The summed E-state index contributed by atoms with van der Waals surface area (Å²) in [5, 5.41) is 0.697. The molecule has 0 bridgehead atoms. The molecule has 1 heterocycles. The molecule has 0 amide bonds. The van der Waals surface area contributed by atoms with Gasteiger partial charge in [0.2, 0.25) is 0 Å². The van der Waals surface area contributed by atoms with Crippen molar-refractivity contribution in [3.05, 3.63) is 53.1 Å². The summed E-state index contributed by atoms with van der Waals surface area (Å²) in [7, 11) is 0. The highest BCUT2D eigenvalue weighted by molar-refractivity contribution is 6.30. The van der Waals surface area contributed by atoms with E-state index in [4.69, 9.17) is 16.3 Å². The maximum atomic E-state index is 6.16. The van der Waals surface area contributed by atoms with Crippen LogP contribution in [0.4, 0.5) is 0 Å². The third-order valence-corrected chi connectivity index (χ3v) is 3.13. The molecule has 2 rings (SSSR count). The van der Waals surface area contributed by atoms with Crippen molar-refractivity contribution in [2.75, 3.05) is 6.61 Å². The molecule has 1 aromatic carbocycles. The molecule has 0 atom stereocenters. The Balaban J connectivity index is 2.53. The van der Waals surface area contributed by atoms with Crippen LogP contribution in [0.2, 0.25) is 5.02 Å². The predicted molar refractivity (Wildman–Crippen MR) is 83.1 cm³/mol. The summed E-state index contributed by atoms with van der Waals surface area (Å²) in [6.45, 7) is 6.92. The van der Waals surface area contributed by atoms with Crippen molar-refractivity contribution in [1.29, 1.82) is 0 Å². The van der Waals surface area contributed by atoms with Crippen LogP contribution in [0.1, 0.15) is 32.8 Å². The first kappa shape index (κ1) is 14.7. The van der Waals surface area contributed by atoms with Gasteiger partial charge in [0.05, 0.1) is 18.6 Å². The second kappa shape index (κ2) is 6.62. The number of halogens is 1. The summed E-state index contributed by atoms with van der Waals surface area (Å²) in [6.07, 6.45) is 6.44. The lowest BCUT2D eigenvalue weighted by Crippen LogP contribution is -2.04. The molecule has 106 valence electrons. The van der Waals surface area contributed by atoms with E-state index in [-0.39, 0.29) is 0 Å². The van der Waals surface area contributed by atoms with E-state index in [1.807, 2.05) is 29.0 Å². The van der Waals surface area contributed by atoms with E-state index < -0.39 is 0 Å². The van der Waals surface area contributed by atoms with Crippen LogP contribution in [-0.4, -0.2) is 16.2 Å². The molecule has 0 aliphatic carbocycles. The SMILES string of the molecule is CCCOc1ccc(Cl)cc1C(=C(C)C)n1ccnc1. The van der Waals surface area contributed by atoms with E-state index in [9.17, 15) is 0 Å². The van der Waals surface area contributed by atoms with E-state index in [1.165, 1.54) is 5.57 Å². The van der Waals surface area contributed by atoms with E-state index in [1.54, 1.807) is 12.5 Å². The van der Waals surface area contributed by atoms with Crippen molar-refractivity contribution in [2.45, 2.75) is 27.2 Å². The molecule has 0 N–H and O–H groups in total. The van der Waals surface area contributed by atoms with Gasteiger partial charge in [-0.15, -0.1) is 0 Å². The Kier molecular flexibility index (Phi) is 4.85. The maximum Gasteiger partial charge on any atom is 0.128 e. The third kappa shape index (κ3) is 3.23. The highest BCUT2D eigenvalue weighted by Gasteiger charge is 2.13. The van der Waals surface area contributed by atoms with Gasteiger partial charge in [0.25, 0.3) is 0 Å². The molecule has 0 radical (unpaired) electrons. The van der Waals surface area contributed by atoms with Crippen LogP contribution in [0.25, 0.3) is 5.70 Å². The van der Waals surface area contributed by atoms with Gasteiger partial charge in [-0.25, -0.2) is 4.98 Å². The molecule has 0 saturated heterocycles. The summed E-state index contributed by atoms with van der Waals surface area (Å²) < 4.78 is 7.83. The summed E-state index contributed by atoms with van der Waals surface area (Å²) in [4.78, 5) is 4.12. The number of benzene rings is 1. The van der Waals surface area contributed by atoms with E-state index >= 15 is 0 Å². The number of imidazole rings is 1. The van der Waals surface area contributed by atoms with Gasteiger partial charge in [-0.2, -0.15) is 0 Å². The summed E-state index contributed by atoms with van der Waals surface area (Å²) in [5.41, 5.74) is 3.21. The molecule has 0 unspecified atom stereocenters. The Morgan fingerprint density at radius 1 is 1.35 bits per heavy atom. The first-order chi connectivity index (χ1) is 9.63. The average molecular weight is 291 g/mol. The van der Waals surface area contributed by atoms with Crippen LogP contribution in [0.3, 0.4) is 0 Å². The second-order valence-corrected chi connectivity index (χ2v) is 5.24. The minimum atomic E-state index is 0.689. The Morgan fingerprint density at radius 2 is 2.15 bits per heavy atom. The lowest BCUT2D eigenvalue weighted by molar-refractivity contribution is 0.316. The molecule has 0 fully saturated rings.